The largest absolute Gasteiger partial charge is 0.343 e. The normalized spacial score (nSPS) is 10.6. The highest BCUT2D eigenvalue weighted by Gasteiger charge is 2.24. The predicted molar refractivity (Wildman–Crippen MR) is 103 cm³/mol. The van der Waals surface area contributed by atoms with E-state index in [1.54, 1.807) is 18.2 Å². The van der Waals surface area contributed by atoms with Crippen molar-refractivity contribution in [3.63, 3.8) is 0 Å². The summed E-state index contributed by atoms with van der Waals surface area (Å²) in [5, 5.41) is 15.5. The van der Waals surface area contributed by atoms with Gasteiger partial charge >= 0.3 is 5.69 Å². The molecule has 3 aromatic rings. The van der Waals surface area contributed by atoms with E-state index in [1.807, 2.05) is 38.1 Å². The van der Waals surface area contributed by atoms with Gasteiger partial charge in [0.1, 0.15) is 6.33 Å². The Balaban J connectivity index is 1.99. The van der Waals surface area contributed by atoms with Gasteiger partial charge in [-0.05, 0) is 43.7 Å². The van der Waals surface area contributed by atoms with E-state index >= 15 is 0 Å². The Bertz CT molecular complexity index is 964. The van der Waals surface area contributed by atoms with Crippen molar-refractivity contribution in [2.75, 3.05) is 5.32 Å². The van der Waals surface area contributed by atoms with Crippen molar-refractivity contribution in [3.8, 4) is 0 Å². The molecule has 1 aromatic heterocycles. The number of nitrogens with one attached hydrogen (secondary N) is 1. The molecule has 0 radical (unpaired) electrons. The van der Waals surface area contributed by atoms with Crippen LogP contribution >= 0.6 is 23.4 Å². The molecule has 0 spiro atoms. The molecule has 0 amide bonds. The monoisotopic (exact) mass is 386 g/mol. The second kappa shape index (κ2) is 7.72. The molecule has 26 heavy (non-hydrogen) atoms. The molecule has 3 rings (SSSR count). The van der Waals surface area contributed by atoms with Gasteiger partial charge in [0.2, 0.25) is 5.82 Å². The van der Waals surface area contributed by atoms with Gasteiger partial charge < -0.3 is 5.32 Å². The number of nitro groups is 1. The van der Waals surface area contributed by atoms with Gasteiger partial charge in [0.25, 0.3) is 0 Å². The minimum absolute atomic E-state index is 0.130. The molecule has 132 valence electrons. The van der Waals surface area contributed by atoms with Gasteiger partial charge in [-0.3, -0.25) is 10.1 Å². The summed E-state index contributed by atoms with van der Waals surface area (Å²) in [6.07, 6.45) is 1.31. The molecular formula is C18H15ClN4O2S. The first-order valence-electron chi connectivity index (χ1n) is 7.71. The van der Waals surface area contributed by atoms with E-state index in [-0.39, 0.29) is 16.5 Å². The average Bonchev–Trinajstić information content (AvgIpc) is 2.61. The molecule has 0 bridgehead atoms. The smallest absolute Gasteiger partial charge is 0.334 e. The minimum atomic E-state index is -0.473. The predicted octanol–water partition coefficient (Wildman–Crippen LogP) is 5.55. The van der Waals surface area contributed by atoms with Gasteiger partial charge in [0.05, 0.1) is 4.92 Å². The standard InChI is InChI=1S/C18H15ClN4O2S/c1-11-6-8-13(9-7-11)26-18-16(23(24)25)17(20-10-21-18)22-15-5-3-4-14(19)12(15)2/h3-10H,1-2H3,(H,20,21,22). The molecular weight excluding hydrogens is 372 g/mol. The lowest BCUT2D eigenvalue weighted by Gasteiger charge is -2.11. The number of anilines is 2. The molecule has 1 N–H and O–H groups in total. The zero-order valence-electron chi connectivity index (χ0n) is 14.1. The number of benzene rings is 2. The maximum atomic E-state index is 11.7. The molecule has 0 fully saturated rings. The van der Waals surface area contributed by atoms with Crippen molar-refractivity contribution in [3.05, 3.63) is 75.1 Å². The molecule has 0 aliphatic carbocycles. The van der Waals surface area contributed by atoms with Crippen molar-refractivity contribution in [2.24, 2.45) is 0 Å². The summed E-state index contributed by atoms with van der Waals surface area (Å²) in [4.78, 5) is 20.2. The quantitative estimate of drug-likeness (QED) is 0.351. The van der Waals surface area contributed by atoms with Crippen LogP contribution in [0, 0.1) is 24.0 Å². The highest BCUT2D eigenvalue weighted by Crippen LogP contribution is 2.38. The van der Waals surface area contributed by atoms with Crippen molar-refractivity contribution in [1.82, 2.24) is 9.97 Å². The molecule has 8 heteroatoms. The number of nitrogens with zero attached hydrogens (tertiary/aromatic N) is 3. The van der Waals surface area contributed by atoms with E-state index in [0.29, 0.717) is 10.7 Å². The summed E-state index contributed by atoms with van der Waals surface area (Å²) < 4.78 is 0. The number of aromatic nitrogens is 2. The summed E-state index contributed by atoms with van der Waals surface area (Å²) in [6, 6.07) is 13.0. The molecule has 0 unspecified atom stereocenters. The number of rotatable bonds is 5. The van der Waals surface area contributed by atoms with Crippen LogP contribution in [0.2, 0.25) is 5.02 Å². The Kier molecular flexibility index (Phi) is 5.39. The van der Waals surface area contributed by atoms with E-state index in [4.69, 9.17) is 11.6 Å². The third-order valence-electron chi connectivity index (χ3n) is 3.73. The van der Waals surface area contributed by atoms with Crippen molar-refractivity contribution < 1.29 is 4.92 Å². The first-order chi connectivity index (χ1) is 12.5. The van der Waals surface area contributed by atoms with Gasteiger partial charge in [-0.25, -0.2) is 9.97 Å². The Morgan fingerprint density at radius 3 is 2.54 bits per heavy atom. The van der Waals surface area contributed by atoms with Crippen LogP contribution in [0.25, 0.3) is 0 Å². The average molecular weight is 387 g/mol. The fraction of sp³-hybridized carbons (Fsp3) is 0.111. The van der Waals surface area contributed by atoms with Crippen LogP contribution < -0.4 is 5.32 Å². The number of aryl methyl sites for hydroxylation is 1. The molecule has 0 aliphatic rings. The third kappa shape index (κ3) is 3.95. The lowest BCUT2D eigenvalue weighted by atomic mass is 10.2. The molecule has 0 saturated carbocycles. The van der Waals surface area contributed by atoms with Crippen molar-refractivity contribution in [1.29, 1.82) is 0 Å². The van der Waals surface area contributed by atoms with Gasteiger partial charge in [-0.1, -0.05) is 47.1 Å². The lowest BCUT2D eigenvalue weighted by molar-refractivity contribution is -0.387. The molecule has 0 aliphatic heterocycles. The molecule has 0 atom stereocenters. The lowest BCUT2D eigenvalue weighted by Crippen LogP contribution is -2.03. The van der Waals surface area contributed by atoms with Crippen molar-refractivity contribution in [2.45, 2.75) is 23.8 Å². The second-order valence-corrected chi connectivity index (χ2v) is 7.06. The highest BCUT2D eigenvalue weighted by molar-refractivity contribution is 7.99. The summed E-state index contributed by atoms with van der Waals surface area (Å²) in [7, 11) is 0. The number of hydrogen-bond donors (Lipinski definition) is 1. The molecule has 6 nitrogen and oxygen atoms in total. The van der Waals surface area contributed by atoms with Gasteiger partial charge in [0.15, 0.2) is 5.03 Å². The fourth-order valence-corrected chi connectivity index (χ4v) is 3.32. The first-order valence-corrected chi connectivity index (χ1v) is 8.91. The summed E-state index contributed by atoms with van der Waals surface area (Å²) >= 11 is 7.35. The molecule has 1 heterocycles. The SMILES string of the molecule is Cc1ccc(Sc2ncnc(Nc3cccc(Cl)c3C)c2[N+](=O)[O-])cc1. The summed E-state index contributed by atoms with van der Waals surface area (Å²) in [6.45, 7) is 3.82. The fourth-order valence-electron chi connectivity index (χ4n) is 2.28. The van der Waals surface area contributed by atoms with Crippen molar-refractivity contribution >= 4 is 40.6 Å². The number of halogens is 1. The summed E-state index contributed by atoms with van der Waals surface area (Å²) in [5.74, 6) is 0.130. The topological polar surface area (TPSA) is 81.0 Å². The molecule has 0 saturated heterocycles. The second-order valence-electron chi connectivity index (χ2n) is 5.59. The van der Waals surface area contributed by atoms with E-state index in [9.17, 15) is 10.1 Å². The van der Waals surface area contributed by atoms with Crippen LogP contribution in [0.5, 0.6) is 0 Å². The highest BCUT2D eigenvalue weighted by atomic mass is 35.5. The third-order valence-corrected chi connectivity index (χ3v) is 5.14. The van der Waals surface area contributed by atoms with Crippen LogP contribution in [0.4, 0.5) is 17.2 Å². The van der Waals surface area contributed by atoms with Crippen LogP contribution in [-0.2, 0) is 0 Å². The summed E-state index contributed by atoms with van der Waals surface area (Å²) in [5.41, 5.74) is 2.39. The zero-order valence-corrected chi connectivity index (χ0v) is 15.6. The first kappa shape index (κ1) is 18.2. The maximum Gasteiger partial charge on any atom is 0.343 e. The zero-order chi connectivity index (χ0) is 18.7. The minimum Gasteiger partial charge on any atom is -0.334 e. The van der Waals surface area contributed by atoms with Gasteiger partial charge in [-0.15, -0.1) is 0 Å². The Labute approximate surface area is 159 Å². The Hall–Kier alpha value is -2.64. The Morgan fingerprint density at radius 2 is 1.85 bits per heavy atom. The van der Waals surface area contributed by atoms with Crippen LogP contribution in [-0.4, -0.2) is 14.9 Å². The van der Waals surface area contributed by atoms with Gasteiger partial charge in [-0.2, -0.15) is 0 Å². The molecule has 2 aromatic carbocycles. The van der Waals surface area contributed by atoms with E-state index in [0.717, 1.165) is 16.0 Å². The van der Waals surface area contributed by atoms with Crippen LogP contribution in [0.1, 0.15) is 11.1 Å². The van der Waals surface area contributed by atoms with E-state index in [1.165, 1.54) is 18.1 Å². The number of hydrogen-bond acceptors (Lipinski definition) is 6. The van der Waals surface area contributed by atoms with E-state index < -0.39 is 4.92 Å². The van der Waals surface area contributed by atoms with Gasteiger partial charge in [0, 0.05) is 15.6 Å². The van der Waals surface area contributed by atoms with E-state index in [2.05, 4.69) is 15.3 Å². The van der Waals surface area contributed by atoms with Crippen LogP contribution in [0.3, 0.4) is 0 Å². The maximum absolute atomic E-state index is 11.7. The Morgan fingerprint density at radius 1 is 1.12 bits per heavy atom. The van der Waals surface area contributed by atoms with Crippen LogP contribution in [0.15, 0.2) is 58.7 Å².